The lowest BCUT2D eigenvalue weighted by molar-refractivity contribution is 0.0956. The molecule has 31 heavy (non-hydrogen) atoms. The van der Waals surface area contributed by atoms with Gasteiger partial charge in [0.05, 0.1) is 17.1 Å². The second-order valence-corrected chi connectivity index (χ2v) is 7.87. The van der Waals surface area contributed by atoms with Gasteiger partial charge in [0.2, 0.25) is 0 Å². The third-order valence-electron chi connectivity index (χ3n) is 5.89. The van der Waals surface area contributed by atoms with Gasteiger partial charge in [0, 0.05) is 30.9 Å². The van der Waals surface area contributed by atoms with Crippen LogP contribution in [0.2, 0.25) is 0 Å². The van der Waals surface area contributed by atoms with Crippen LogP contribution in [-0.2, 0) is 6.54 Å². The Kier molecular flexibility index (Phi) is 5.93. The van der Waals surface area contributed by atoms with Crippen molar-refractivity contribution in [2.75, 3.05) is 18.4 Å². The Morgan fingerprint density at radius 3 is 2.74 bits per heavy atom. The largest absolute Gasteiger partial charge is 0.352 e. The molecule has 0 bridgehead atoms. The zero-order chi connectivity index (χ0) is 22.0. The normalized spacial score (nSPS) is 16.0. The van der Waals surface area contributed by atoms with Gasteiger partial charge in [-0.25, -0.2) is 9.78 Å². The summed E-state index contributed by atoms with van der Waals surface area (Å²) in [5.74, 6) is 0.790. The number of aryl methyl sites for hydroxylation is 2. The van der Waals surface area contributed by atoms with Gasteiger partial charge in [0.1, 0.15) is 5.82 Å². The van der Waals surface area contributed by atoms with Crippen LogP contribution >= 0.6 is 0 Å². The van der Waals surface area contributed by atoms with Crippen LogP contribution in [0.3, 0.4) is 0 Å². The Balaban J connectivity index is 1.60. The van der Waals surface area contributed by atoms with E-state index >= 15 is 0 Å². The van der Waals surface area contributed by atoms with Crippen molar-refractivity contribution in [2.24, 2.45) is 0 Å². The second kappa shape index (κ2) is 8.79. The number of likely N-dealkylation sites (tertiary alicyclic amines) is 1. The van der Waals surface area contributed by atoms with Crippen molar-refractivity contribution in [2.45, 2.75) is 46.2 Å². The molecule has 2 heterocycles. The third-order valence-corrected chi connectivity index (χ3v) is 5.89. The van der Waals surface area contributed by atoms with E-state index in [4.69, 9.17) is 4.98 Å². The van der Waals surface area contributed by atoms with E-state index in [0.717, 1.165) is 41.8 Å². The molecule has 162 valence electrons. The van der Waals surface area contributed by atoms with Gasteiger partial charge in [0.15, 0.2) is 0 Å². The lowest BCUT2D eigenvalue weighted by Gasteiger charge is -2.25. The van der Waals surface area contributed by atoms with E-state index in [1.807, 2.05) is 43.0 Å². The molecule has 2 N–H and O–H groups in total. The Morgan fingerprint density at radius 1 is 1.16 bits per heavy atom. The Morgan fingerprint density at radius 2 is 1.97 bits per heavy atom. The fourth-order valence-corrected chi connectivity index (χ4v) is 4.31. The van der Waals surface area contributed by atoms with Crippen molar-refractivity contribution in [1.29, 1.82) is 0 Å². The number of aromatic nitrogens is 2. The van der Waals surface area contributed by atoms with Crippen LogP contribution < -0.4 is 10.6 Å². The van der Waals surface area contributed by atoms with Crippen molar-refractivity contribution in [3.8, 4) is 0 Å². The van der Waals surface area contributed by atoms with E-state index in [2.05, 4.69) is 28.2 Å². The molecule has 3 aromatic rings. The fourth-order valence-electron chi connectivity index (χ4n) is 4.31. The number of para-hydroxylation sites is 2. The van der Waals surface area contributed by atoms with Gasteiger partial charge < -0.3 is 20.1 Å². The summed E-state index contributed by atoms with van der Waals surface area (Å²) in [7, 11) is 0. The monoisotopic (exact) mass is 419 g/mol. The molecule has 1 saturated heterocycles. The molecule has 3 amide bonds. The summed E-state index contributed by atoms with van der Waals surface area (Å²) >= 11 is 0. The highest BCUT2D eigenvalue weighted by Gasteiger charge is 2.33. The van der Waals surface area contributed by atoms with E-state index in [-0.39, 0.29) is 18.0 Å². The molecule has 0 aliphatic carbocycles. The maximum absolute atomic E-state index is 13.2. The van der Waals surface area contributed by atoms with Crippen LogP contribution in [-0.4, -0.2) is 39.5 Å². The number of nitrogens with zero attached hydrogens (tertiary/aromatic N) is 3. The predicted molar refractivity (Wildman–Crippen MR) is 122 cm³/mol. The van der Waals surface area contributed by atoms with E-state index in [9.17, 15) is 9.59 Å². The molecule has 2 aromatic carbocycles. The smallest absolute Gasteiger partial charge is 0.322 e. The molecular formula is C24H29N5O2. The van der Waals surface area contributed by atoms with Crippen LogP contribution in [0.1, 0.15) is 54.5 Å². The first-order chi connectivity index (χ1) is 15.0. The minimum Gasteiger partial charge on any atom is -0.352 e. The number of anilines is 1. The number of urea groups is 1. The maximum Gasteiger partial charge on any atom is 0.322 e. The van der Waals surface area contributed by atoms with E-state index in [1.54, 1.807) is 12.1 Å². The highest BCUT2D eigenvalue weighted by atomic mass is 16.2. The topological polar surface area (TPSA) is 79.3 Å². The van der Waals surface area contributed by atoms with Gasteiger partial charge in [-0.1, -0.05) is 18.2 Å². The number of nitrogens with one attached hydrogen (secondary N) is 2. The van der Waals surface area contributed by atoms with Crippen LogP contribution in [0.5, 0.6) is 0 Å². The highest BCUT2D eigenvalue weighted by molar-refractivity contribution is 5.97. The Hall–Kier alpha value is -3.35. The Labute approximate surface area is 182 Å². The lowest BCUT2D eigenvalue weighted by atomic mass is 10.1. The van der Waals surface area contributed by atoms with Crippen molar-refractivity contribution < 1.29 is 9.59 Å². The zero-order valence-corrected chi connectivity index (χ0v) is 18.3. The number of carbonyl (C=O) groups is 2. The molecular weight excluding hydrogens is 390 g/mol. The van der Waals surface area contributed by atoms with Gasteiger partial charge in [0.25, 0.3) is 5.91 Å². The minimum atomic E-state index is -0.159. The van der Waals surface area contributed by atoms with Gasteiger partial charge in [-0.15, -0.1) is 0 Å². The minimum absolute atomic E-state index is 0.0702. The third kappa shape index (κ3) is 4.00. The number of fused-ring (bicyclic) bond motifs is 1. The summed E-state index contributed by atoms with van der Waals surface area (Å²) < 4.78 is 2.20. The maximum atomic E-state index is 13.2. The van der Waals surface area contributed by atoms with Crippen molar-refractivity contribution in [3.05, 3.63) is 59.4 Å². The van der Waals surface area contributed by atoms with Crippen molar-refractivity contribution in [1.82, 2.24) is 19.8 Å². The molecule has 0 saturated carbocycles. The van der Waals surface area contributed by atoms with Gasteiger partial charge in [-0.3, -0.25) is 4.79 Å². The molecule has 1 fully saturated rings. The SMILES string of the molecule is CCNC(=O)c1ccc(C)c(NC(=O)N2CCCC2c2nc3ccccc3n2CC)c1. The van der Waals surface area contributed by atoms with E-state index in [1.165, 1.54) is 0 Å². The van der Waals surface area contributed by atoms with E-state index in [0.29, 0.717) is 24.3 Å². The molecule has 0 spiro atoms. The number of rotatable bonds is 5. The molecule has 7 nitrogen and oxygen atoms in total. The first-order valence-corrected chi connectivity index (χ1v) is 10.9. The number of hydrogen-bond donors (Lipinski definition) is 2. The number of carbonyl (C=O) groups excluding carboxylic acids is 2. The molecule has 4 rings (SSSR count). The summed E-state index contributed by atoms with van der Waals surface area (Å²) in [5.41, 5.74) is 4.16. The summed E-state index contributed by atoms with van der Waals surface area (Å²) in [6.07, 6.45) is 1.82. The molecule has 1 aliphatic heterocycles. The summed E-state index contributed by atoms with van der Waals surface area (Å²) in [6.45, 7) is 7.95. The second-order valence-electron chi connectivity index (χ2n) is 7.87. The molecule has 1 unspecified atom stereocenters. The van der Waals surface area contributed by atoms with E-state index < -0.39 is 0 Å². The zero-order valence-electron chi connectivity index (χ0n) is 18.3. The summed E-state index contributed by atoms with van der Waals surface area (Å²) in [4.78, 5) is 32.2. The quantitative estimate of drug-likeness (QED) is 0.640. The van der Waals surface area contributed by atoms with Gasteiger partial charge in [-0.2, -0.15) is 0 Å². The summed E-state index contributed by atoms with van der Waals surface area (Å²) in [6, 6.07) is 13.2. The average molecular weight is 420 g/mol. The highest BCUT2D eigenvalue weighted by Crippen LogP contribution is 2.34. The average Bonchev–Trinajstić information content (AvgIpc) is 3.39. The van der Waals surface area contributed by atoms with Crippen LogP contribution in [0.25, 0.3) is 11.0 Å². The van der Waals surface area contributed by atoms with Gasteiger partial charge >= 0.3 is 6.03 Å². The van der Waals surface area contributed by atoms with Crippen molar-refractivity contribution in [3.63, 3.8) is 0 Å². The van der Waals surface area contributed by atoms with Crippen molar-refractivity contribution >= 4 is 28.7 Å². The van der Waals surface area contributed by atoms with Crippen LogP contribution in [0.4, 0.5) is 10.5 Å². The number of imidazole rings is 1. The predicted octanol–water partition coefficient (Wildman–Crippen LogP) is 4.48. The first-order valence-electron chi connectivity index (χ1n) is 10.9. The summed E-state index contributed by atoms with van der Waals surface area (Å²) in [5, 5.41) is 5.83. The fraction of sp³-hybridized carbons (Fsp3) is 0.375. The molecule has 1 atom stereocenters. The number of hydrogen-bond acceptors (Lipinski definition) is 3. The van der Waals surface area contributed by atoms with Crippen LogP contribution in [0, 0.1) is 6.92 Å². The first kappa shape index (κ1) is 20.9. The lowest BCUT2D eigenvalue weighted by Crippen LogP contribution is -2.35. The Bertz CT molecular complexity index is 1120. The van der Waals surface area contributed by atoms with Crippen LogP contribution in [0.15, 0.2) is 42.5 Å². The standard InChI is InChI=1S/C24H29N5O2/c1-4-25-23(30)17-13-12-16(3)19(15-17)27-24(31)29-14-8-11-21(29)22-26-18-9-6-7-10-20(18)28(22)5-2/h6-7,9-10,12-13,15,21H,4-5,8,11,14H2,1-3H3,(H,25,30)(H,27,31). The van der Waals surface area contributed by atoms with Gasteiger partial charge in [-0.05, 0) is 63.4 Å². The molecule has 7 heteroatoms. The molecule has 0 radical (unpaired) electrons. The molecule has 1 aromatic heterocycles. The number of benzene rings is 2. The number of amides is 3. The molecule has 1 aliphatic rings.